The van der Waals surface area contributed by atoms with E-state index in [0.717, 1.165) is 16.8 Å². The highest BCUT2D eigenvalue weighted by Gasteiger charge is 2.18. The van der Waals surface area contributed by atoms with Crippen molar-refractivity contribution in [2.75, 3.05) is 5.73 Å². The van der Waals surface area contributed by atoms with Crippen molar-refractivity contribution >= 4 is 11.6 Å². The Balaban J connectivity index is 1.70. The van der Waals surface area contributed by atoms with Crippen LogP contribution < -0.4 is 5.73 Å². The molecule has 2 N–H and O–H groups in total. The van der Waals surface area contributed by atoms with Gasteiger partial charge in [0.1, 0.15) is 5.82 Å². The topological polar surface area (TPSA) is 73.8 Å². The highest BCUT2D eigenvalue weighted by molar-refractivity contribution is 6.12. The highest BCUT2D eigenvalue weighted by Crippen LogP contribution is 2.23. The zero-order chi connectivity index (χ0) is 17.9. The lowest BCUT2D eigenvalue weighted by molar-refractivity contribution is 0.103. The van der Waals surface area contributed by atoms with Gasteiger partial charge in [0.25, 0.3) is 0 Å². The van der Waals surface area contributed by atoms with Gasteiger partial charge >= 0.3 is 0 Å². The Morgan fingerprint density at radius 1 is 0.885 bits per heavy atom. The van der Waals surface area contributed by atoms with Gasteiger partial charge in [0.15, 0.2) is 5.78 Å². The van der Waals surface area contributed by atoms with Crippen molar-refractivity contribution in [3.63, 3.8) is 0 Å². The van der Waals surface area contributed by atoms with Gasteiger partial charge in [0.05, 0.1) is 17.4 Å². The number of ketones is 1. The summed E-state index contributed by atoms with van der Waals surface area (Å²) in [6.45, 7) is 0. The zero-order valence-electron chi connectivity index (χ0n) is 13.9. The van der Waals surface area contributed by atoms with Crippen LogP contribution in [0, 0.1) is 0 Å². The van der Waals surface area contributed by atoms with Gasteiger partial charge in [-0.15, -0.1) is 0 Å². The fourth-order valence-corrected chi connectivity index (χ4v) is 2.84. The first-order chi connectivity index (χ1) is 12.7. The van der Waals surface area contributed by atoms with E-state index < -0.39 is 0 Å². The normalized spacial score (nSPS) is 10.6. The van der Waals surface area contributed by atoms with E-state index in [9.17, 15) is 4.79 Å². The van der Waals surface area contributed by atoms with Crippen LogP contribution in [-0.2, 0) is 0 Å². The molecule has 4 aromatic rings. The second kappa shape index (κ2) is 6.64. The lowest BCUT2D eigenvalue weighted by Gasteiger charge is -2.06. The van der Waals surface area contributed by atoms with Crippen LogP contribution in [0.4, 0.5) is 5.82 Å². The molecule has 0 aliphatic heterocycles. The standard InChI is InChI=1S/C21H16N4O/c22-21-19(14-24-25(21)18-9-2-1-3-10-18)20(26)16-7-4-6-15(12-16)17-8-5-11-23-13-17/h1-14H,22H2. The first-order valence-corrected chi connectivity index (χ1v) is 8.18. The largest absolute Gasteiger partial charge is 0.383 e. The van der Waals surface area contributed by atoms with E-state index in [4.69, 9.17) is 5.73 Å². The molecule has 0 aliphatic carbocycles. The van der Waals surface area contributed by atoms with E-state index in [1.807, 2.05) is 60.7 Å². The molecule has 2 aromatic heterocycles. The van der Waals surface area contributed by atoms with Crippen molar-refractivity contribution in [1.29, 1.82) is 0 Å². The molecular weight excluding hydrogens is 324 g/mol. The van der Waals surface area contributed by atoms with Gasteiger partial charge in [-0.2, -0.15) is 5.10 Å². The molecule has 0 atom stereocenters. The molecule has 4 rings (SSSR count). The number of nitrogens with zero attached hydrogens (tertiary/aromatic N) is 3. The second-order valence-electron chi connectivity index (χ2n) is 5.84. The predicted molar refractivity (Wildman–Crippen MR) is 101 cm³/mol. The van der Waals surface area contributed by atoms with E-state index in [2.05, 4.69) is 10.1 Å². The van der Waals surface area contributed by atoms with Crippen LogP contribution in [0.15, 0.2) is 85.3 Å². The first kappa shape index (κ1) is 15.8. The lowest BCUT2D eigenvalue weighted by atomic mass is 10.00. The molecule has 0 saturated carbocycles. The van der Waals surface area contributed by atoms with Crippen LogP contribution in [0.5, 0.6) is 0 Å². The number of hydrogen-bond donors (Lipinski definition) is 1. The Morgan fingerprint density at radius 3 is 2.46 bits per heavy atom. The summed E-state index contributed by atoms with van der Waals surface area (Å²) in [6.07, 6.45) is 5.00. The van der Waals surface area contributed by atoms with Gasteiger partial charge in [0.2, 0.25) is 0 Å². The van der Waals surface area contributed by atoms with E-state index in [1.165, 1.54) is 6.20 Å². The molecule has 2 aromatic carbocycles. The smallest absolute Gasteiger partial charge is 0.198 e. The van der Waals surface area contributed by atoms with Crippen LogP contribution in [0.2, 0.25) is 0 Å². The van der Waals surface area contributed by atoms with E-state index in [-0.39, 0.29) is 5.78 Å². The number of nitrogen functional groups attached to an aromatic ring is 1. The minimum Gasteiger partial charge on any atom is -0.383 e. The summed E-state index contributed by atoms with van der Waals surface area (Å²) < 4.78 is 1.57. The number of rotatable bonds is 4. The van der Waals surface area contributed by atoms with Gasteiger partial charge in [-0.3, -0.25) is 9.78 Å². The molecule has 0 amide bonds. The van der Waals surface area contributed by atoms with Crippen LogP contribution in [0.25, 0.3) is 16.8 Å². The van der Waals surface area contributed by atoms with Crippen molar-refractivity contribution in [3.8, 4) is 16.8 Å². The lowest BCUT2D eigenvalue weighted by Crippen LogP contribution is -2.07. The van der Waals surface area contributed by atoms with E-state index >= 15 is 0 Å². The number of hydrogen-bond acceptors (Lipinski definition) is 4. The molecule has 0 unspecified atom stereocenters. The number of aromatic nitrogens is 3. The molecule has 5 nitrogen and oxygen atoms in total. The van der Waals surface area contributed by atoms with Crippen molar-refractivity contribution < 1.29 is 4.79 Å². The Hall–Kier alpha value is -3.73. The molecule has 0 radical (unpaired) electrons. The molecule has 26 heavy (non-hydrogen) atoms. The highest BCUT2D eigenvalue weighted by atomic mass is 16.1. The molecule has 5 heteroatoms. The van der Waals surface area contributed by atoms with Crippen LogP contribution in [-0.4, -0.2) is 20.5 Å². The molecule has 0 aliphatic rings. The maximum Gasteiger partial charge on any atom is 0.198 e. The first-order valence-electron chi connectivity index (χ1n) is 8.18. The average Bonchev–Trinajstić information content (AvgIpc) is 3.10. The molecule has 0 saturated heterocycles. The third-order valence-electron chi connectivity index (χ3n) is 4.17. The fraction of sp³-hybridized carbons (Fsp3) is 0. The van der Waals surface area contributed by atoms with Crippen LogP contribution >= 0.6 is 0 Å². The molecule has 2 heterocycles. The minimum absolute atomic E-state index is 0.157. The predicted octanol–water partition coefficient (Wildman–Crippen LogP) is 3.75. The summed E-state index contributed by atoms with van der Waals surface area (Å²) in [5.74, 6) is 0.170. The average molecular weight is 340 g/mol. The fourth-order valence-electron chi connectivity index (χ4n) is 2.84. The molecule has 0 fully saturated rings. The quantitative estimate of drug-likeness (QED) is 0.574. The Bertz CT molecular complexity index is 1060. The number of anilines is 1. The van der Waals surface area contributed by atoms with Crippen molar-refractivity contribution in [3.05, 3.63) is 96.4 Å². The SMILES string of the molecule is Nc1c(C(=O)c2cccc(-c3cccnc3)c2)cnn1-c1ccccc1. The third-order valence-corrected chi connectivity index (χ3v) is 4.17. The summed E-state index contributed by atoms with van der Waals surface area (Å²) in [5, 5.41) is 4.27. The van der Waals surface area contributed by atoms with Crippen molar-refractivity contribution in [1.82, 2.24) is 14.8 Å². The van der Waals surface area contributed by atoms with Gasteiger partial charge in [-0.25, -0.2) is 4.68 Å². The van der Waals surface area contributed by atoms with E-state index in [0.29, 0.717) is 16.9 Å². The molecule has 0 bridgehead atoms. The summed E-state index contributed by atoms with van der Waals surface area (Å²) in [7, 11) is 0. The number of carbonyl (C=O) groups is 1. The van der Waals surface area contributed by atoms with E-state index in [1.54, 1.807) is 23.1 Å². The summed E-state index contributed by atoms with van der Waals surface area (Å²) in [4.78, 5) is 17.1. The number of pyridine rings is 1. The Morgan fingerprint density at radius 2 is 1.69 bits per heavy atom. The minimum atomic E-state index is -0.157. The Labute approximate surface area is 150 Å². The number of benzene rings is 2. The Kier molecular flexibility index (Phi) is 4.03. The maximum atomic E-state index is 12.9. The molecule has 126 valence electrons. The summed E-state index contributed by atoms with van der Waals surface area (Å²) >= 11 is 0. The summed E-state index contributed by atoms with van der Waals surface area (Å²) in [5.41, 5.74) is 9.84. The van der Waals surface area contributed by atoms with Crippen LogP contribution in [0.1, 0.15) is 15.9 Å². The molecular formula is C21H16N4O. The van der Waals surface area contributed by atoms with Gasteiger partial charge < -0.3 is 5.73 Å². The van der Waals surface area contributed by atoms with Gasteiger partial charge in [-0.1, -0.05) is 42.5 Å². The zero-order valence-corrected chi connectivity index (χ0v) is 13.9. The second-order valence-corrected chi connectivity index (χ2v) is 5.84. The van der Waals surface area contributed by atoms with Crippen molar-refractivity contribution in [2.24, 2.45) is 0 Å². The molecule has 0 spiro atoms. The monoisotopic (exact) mass is 340 g/mol. The maximum absolute atomic E-state index is 12.9. The number of nitrogens with two attached hydrogens (primary N) is 1. The number of carbonyl (C=O) groups excluding carboxylic acids is 1. The van der Waals surface area contributed by atoms with Crippen molar-refractivity contribution in [2.45, 2.75) is 0 Å². The van der Waals surface area contributed by atoms with Gasteiger partial charge in [-0.05, 0) is 29.8 Å². The summed E-state index contributed by atoms with van der Waals surface area (Å²) in [6, 6.07) is 20.7. The third kappa shape index (κ3) is 2.86. The van der Waals surface area contributed by atoms with Gasteiger partial charge in [0, 0.05) is 23.5 Å². The number of para-hydroxylation sites is 1. The van der Waals surface area contributed by atoms with Crippen LogP contribution in [0.3, 0.4) is 0 Å².